The molecule has 0 aliphatic heterocycles. The van der Waals surface area contributed by atoms with Gasteiger partial charge < -0.3 is 5.11 Å². The lowest BCUT2D eigenvalue weighted by atomic mass is 9.91. The molecule has 1 N–H and O–H groups in total. The van der Waals surface area contributed by atoms with Gasteiger partial charge in [0.25, 0.3) is 0 Å². The van der Waals surface area contributed by atoms with Crippen LogP contribution in [-0.4, -0.2) is 10.1 Å². The van der Waals surface area contributed by atoms with Crippen LogP contribution in [0.25, 0.3) is 10.9 Å². The van der Waals surface area contributed by atoms with Gasteiger partial charge in [0.15, 0.2) is 0 Å². The van der Waals surface area contributed by atoms with Crippen LogP contribution < -0.4 is 0 Å². The maximum absolute atomic E-state index is 10.2. The Morgan fingerprint density at radius 3 is 2.62 bits per heavy atom. The third kappa shape index (κ3) is 1.91. The second kappa shape index (κ2) is 3.72. The number of hydrogen-bond donors (Lipinski definition) is 1. The molecule has 1 heterocycles. The summed E-state index contributed by atoms with van der Waals surface area (Å²) >= 11 is 5.98. The molecule has 0 aliphatic rings. The molecule has 3 heteroatoms. The van der Waals surface area contributed by atoms with Crippen molar-refractivity contribution in [3.05, 3.63) is 40.5 Å². The van der Waals surface area contributed by atoms with E-state index < -0.39 is 5.60 Å². The fraction of sp³-hybridized carbons (Fsp3) is 0.308. The third-order valence-electron chi connectivity index (χ3n) is 2.63. The summed E-state index contributed by atoms with van der Waals surface area (Å²) in [6, 6.07) is 5.52. The van der Waals surface area contributed by atoms with Gasteiger partial charge in [-0.2, -0.15) is 0 Å². The largest absolute Gasteiger partial charge is 0.386 e. The molecule has 2 rings (SSSR count). The average molecular weight is 236 g/mol. The first kappa shape index (κ1) is 11.4. The lowest BCUT2D eigenvalue weighted by molar-refractivity contribution is 0.0795. The van der Waals surface area contributed by atoms with Crippen molar-refractivity contribution in [1.29, 1.82) is 0 Å². The summed E-state index contributed by atoms with van der Waals surface area (Å²) in [7, 11) is 0. The maximum atomic E-state index is 10.2. The lowest BCUT2D eigenvalue weighted by Gasteiger charge is -2.22. The number of aryl methyl sites for hydroxylation is 1. The first-order chi connectivity index (χ1) is 7.39. The minimum absolute atomic E-state index is 0.658. The van der Waals surface area contributed by atoms with Gasteiger partial charge in [0, 0.05) is 16.6 Å². The van der Waals surface area contributed by atoms with Crippen LogP contribution in [0.5, 0.6) is 0 Å². The Balaban J connectivity index is 2.88. The molecule has 0 aliphatic carbocycles. The SMILES string of the molecule is Cc1cnc2ccc(Cl)cc2c1C(C)(C)O. The molecular formula is C13H14ClNO. The molecular weight excluding hydrogens is 222 g/mol. The molecule has 0 saturated heterocycles. The Hall–Kier alpha value is -1.12. The van der Waals surface area contributed by atoms with Crippen LogP contribution >= 0.6 is 11.6 Å². The maximum Gasteiger partial charge on any atom is 0.0850 e. The standard InChI is InChI=1S/C13H14ClNO/c1-8-7-15-11-5-4-9(14)6-10(11)12(8)13(2,3)16/h4-7,16H,1-3H3. The molecule has 0 spiro atoms. The van der Waals surface area contributed by atoms with Crippen molar-refractivity contribution in [2.45, 2.75) is 26.4 Å². The summed E-state index contributed by atoms with van der Waals surface area (Å²) in [5.41, 5.74) is 1.82. The van der Waals surface area contributed by atoms with E-state index in [9.17, 15) is 5.11 Å². The second-order valence-electron chi connectivity index (χ2n) is 4.54. The van der Waals surface area contributed by atoms with Crippen molar-refractivity contribution in [2.24, 2.45) is 0 Å². The van der Waals surface area contributed by atoms with E-state index in [0.717, 1.165) is 22.0 Å². The number of hydrogen-bond acceptors (Lipinski definition) is 2. The molecule has 84 valence electrons. The quantitative estimate of drug-likeness (QED) is 0.822. The van der Waals surface area contributed by atoms with Crippen molar-refractivity contribution in [2.75, 3.05) is 0 Å². The zero-order chi connectivity index (χ0) is 11.9. The summed E-state index contributed by atoms with van der Waals surface area (Å²) in [5.74, 6) is 0. The van der Waals surface area contributed by atoms with Gasteiger partial charge in [0.2, 0.25) is 0 Å². The van der Waals surface area contributed by atoms with Crippen LogP contribution in [0, 0.1) is 6.92 Å². The van der Waals surface area contributed by atoms with Gasteiger partial charge >= 0.3 is 0 Å². The summed E-state index contributed by atoms with van der Waals surface area (Å²) in [6.45, 7) is 5.49. The van der Waals surface area contributed by atoms with Gasteiger partial charge in [0.05, 0.1) is 11.1 Å². The van der Waals surface area contributed by atoms with Gasteiger partial charge in [-0.3, -0.25) is 4.98 Å². The minimum atomic E-state index is -0.893. The van der Waals surface area contributed by atoms with Gasteiger partial charge in [-0.25, -0.2) is 0 Å². The monoisotopic (exact) mass is 235 g/mol. The van der Waals surface area contributed by atoms with Gasteiger partial charge in [-0.05, 0) is 50.1 Å². The molecule has 1 aromatic heterocycles. The number of aromatic nitrogens is 1. The van der Waals surface area contributed by atoms with E-state index in [1.54, 1.807) is 26.1 Å². The smallest absolute Gasteiger partial charge is 0.0850 e. The normalized spacial score (nSPS) is 12.1. The molecule has 0 unspecified atom stereocenters. The topological polar surface area (TPSA) is 33.1 Å². The summed E-state index contributed by atoms with van der Waals surface area (Å²) < 4.78 is 0. The first-order valence-corrected chi connectivity index (χ1v) is 5.55. The van der Waals surface area contributed by atoms with E-state index in [-0.39, 0.29) is 0 Å². The van der Waals surface area contributed by atoms with Crippen LogP contribution in [0.4, 0.5) is 0 Å². The number of fused-ring (bicyclic) bond motifs is 1. The number of benzene rings is 1. The predicted molar refractivity (Wildman–Crippen MR) is 66.7 cm³/mol. The van der Waals surface area contributed by atoms with Crippen LogP contribution in [-0.2, 0) is 5.60 Å². The van der Waals surface area contributed by atoms with Crippen LogP contribution in [0.15, 0.2) is 24.4 Å². The number of aliphatic hydroxyl groups is 1. The van der Waals surface area contributed by atoms with Crippen molar-refractivity contribution >= 4 is 22.5 Å². The van der Waals surface area contributed by atoms with E-state index >= 15 is 0 Å². The van der Waals surface area contributed by atoms with Gasteiger partial charge in [-0.1, -0.05) is 11.6 Å². The summed E-state index contributed by atoms with van der Waals surface area (Å²) in [6.07, 6.45) is 1.78. The first-order valence-electron chi connectivity index (χ1n) is 5.17. The average Bonchev–Trinajstić information content (AvgIpc) is 2.14. The Kier molecular flexibility index (Phi) is 2.64. The number of pyridine rings is 1. The number of nitrogens with zero attached hydrogens (tertiary/aromatic N) is 1. The minimum Gasteiger partial charge on any atom is -0.386 e. The zero-order valence-electron chi connectivity index (χ0n) is 9.58. The highest BCUT2D eigenvalue weighted by molar-refractivity contribution is 6.31. The molecule has 0 radical (unpaired) electrons. The third-order valence-corrected chi connectivity index (χ3v) is 2.87. The molecule has 2 nitrogen and oxygen atoms in total. The zero-order valence-corrected chi connectivity index (χ0v) is 10.3. The van der Waals surface area contributed by atoms with Crippen molar-refractivity contribution in [1.82, 2.24) is 4.98 Å². The molecule has 0 amide bonds. The molecule has 0 fully saturated rings. The highest BCUT2D eigenvalue weighted by atomic mass is 35.5. The molecule has 16 heavy (non-hydrogen) atoms. The van der Waals surface area contributed by atoms with Gasteiger partial charge in [-0.15, -0.1) is 0 Å². The molecule has 0 bridgehead atoms. The Morgan fingerprint density at radius 2 is 2.00 bits per heavy atom. The van der Waals surface area contributed by atoms with E-state index in [2.05, 4.69) is 4.98 Å². The number of rotatable bonds is 1. The van der Waals surface area contributed by atoms with Crippen LogP contribution in [0.2, 0.25) is 5.02 Å². The molecule has 0 atom stereocenters. The van der Waals surface area contributed by atoms with Gasteiger partial charge in [0.1, 0.15) is 0 Å². The van der Waals surface area contributed by atoms with Crippen LogP contribution in [0.3, 0.4) is 0 Å². The van der Waals surface area contributed by atoms with E-state index in [1.807, 2.05) is 19.1 Å². The molecule has 0 saturated carbocycles. The van der Waals surface area contributed by atoms with Crippen molar-refractivity contribution in [3.8, 4) is 0 Å². The van der Waals surface area contributed by atoms with Crippen LogP contribution in [0.1, 0.15) is 25.0 Å². The highest BCUT2D eigenvalue weighted by Gasteiger charge is 2.21. The predicted octanol–water partition coefficient (Wildman–Crippen LogP) is 3.42. The Morgan fingerprint density at radius 1 is 1.31 bits per heavy atom. The molecule has 2 aromatic rings. The Bertz CT molecular complexity index is 538. The van der Waals surface area contributed by atoms with E-state index in [4.69, 9.17) is 11.6 Å². The van der Waals surface area contributed by atoms with E-state index in [1.165, 1.54) is 0 Å². The highest BCUT2D eigenvalue weighted by Crippen LogP contribution is 2.31. The fourth-order valence-electron chi connectivity index (χ4n) is 2.08. The summed E-state index contributed by atoms with van der Waals surface area (Å²) in [4.78, 5) is 4.33. The summed E-state index contributed by atoms with van der Waals surface area (Å²) in [5, 5.41) is 11.8. The van der Waals surface area contributed by atoms with Crippen molar-refractivity contribution in [3.63, 3.8) is 0 Å². The molecule has 1 aromatic carbocycles. The van der Waals surface area contributed by atoms with Crippen molar-refractivity contribution < 1.29 is 5.11 Å². The Labute approximate surface area is 99.9 Å². The second-order valence-corrected chi connectivity index (χ2v) is 4.97. The number of halogens is 1. The van der Waals surface area contributed by atoms with E-state index in [0.29, 0.717) is 5.02 Å². The fourth-order valence-corrected chi connectivity index (χ4v) is 2.25. The lowest BCUT2D eigenvalue weighted by Crippen LogP contribution is -2.18.